The summed E-state index contributed by atoms with van der Waals surface area (Å²) in [6, 6.07) is 5.14. The van der Waals surface area contributed by atoms with Crippen LogP contribution in [0.1, 0.15) is 5.56 Å². The second kappa shape index (κ2) is 5.95. The molecule has 0 bridgehead atoms. The zero-order valence-electron chi connectivity index (χ0n) is 10.1. The first kappa shape index (κ1) is 13.7. The molecule has 1 aromatic carbocycles. The summed E-state index contributed by atoms with van der Waals surface area (Å²) < 4.78 is 32.2. The average molecular weight is 285 g/mol. The standard InChI is InChI=1S/C13H11ClF2N2O/c1-17-7-8-4-5-18-13(12(8)16)19-11-3-2-9(15)6-10(11)14/h2-6,17H,7H2,1H3. The number of rotatable bonds is 4. The molecule has 100 valence electrons. The molecule has 3 nitrogen and oxygen atoms in total. The van der Waals surface area contributed by atoms with Crippen molar-refractivity contribution >= 4 is 11.6 Å². The minimum Gasteiger partial charge on any atom is -0.435 e. The molecule has 19 heavy (non-hydrogen) atoms. The SMILES string of the molecule is CNCc1ccnc(Oc2ccc(F)cc2Cl)c1F. The van der Waals surface area contributed by atoms with Gasteiger partial charge in [-0.3, -0.25) is 0 Å². The van der Waals surface area contributed by atoms with Crippen molar-refractivity contribution in [2.75, 3.05) is 7.05 Å². The quantitative estimate of drug-likeness (QED) is 0.933. The highest BCUT2D eigenvalue weighted by atomic mass is 35.5. The van der Waals surface area contributed by atoms with E-state index >= 15 is 0 Å². The number of hydrogen-bond acceptors (Lipinski definition) is 3. The number of nitrogens with zero attached hydrogens (tertiary/aromatic N) is 1. The van der Waals surface area contributed by atoms with Gasteiger partial charge in [0.15, 0.2) is 5.82 Å². The van der Waals surface area contributed by atoms with Gasteiger partial charge in [-0.2, -0.15) is 0 Å². The number of benzene rings is 1. The van der Waals surface area contributed by atoms with Crippen molar-refractivity contribution < 1.29 is 13.5 Å². The molecule has 0 saturated carbocycles. The molecule has 0 atom stereocenters. The molecule has 1 heterocycles. The number of nitrogens with one attached hydrogen (secondary N) is 1. The van der Waals surface area contributed by atoms with Crippen molar-refractivity contribution in [2.24, 2.45) is 0 Å². The van der Waals surface area contributed by atoms with E-state index in [1.165, 1.54) is 18.3 Å². The predicted molar refractivity (Wildman–Crippen MR) is 68.4 cm³/mol. The molecule has 0 unspecified atom stereocenters. The molecule has 2 aromatic rings. The number of halogens is 3. The van der Waals surface area contributed by atoms with Gasteiger partial charge in [-0.05, 0) is 31.3 Å². The van der Waals surface area contributed by atoms with Gasteiger partial charge in [-0.25, -0.2) is 13.8 Å². The number of hydrogen-bond donors (Lipinski definition) is 1. The molecule has 0 fully saturated rings. The zero-order chi connectivity index (χ0) is 13.8. The maximum absolute atomic E-state index is 14.0. The Kier molecular flexibility index (Phi) is 4.29. The Bertz CT molecular complexity index is 593. The van der Waals surface area contributed by atoms with E-state index in [2.05, 4.69) is 10.3 Å². The van der Waals surface area contributed by atoms with Crippen LogP contribution in [-0.4, -0.2) is 12.0 Å². The highest BCUT2D eigenvalue weighted by Gasteiger charge is 2.13. The van der Waals surface area contributed by atoms with E-state index in [0.717, 1.165) is 6.07 Å². The first-order chi connectivity index (χ1) is 9.11. The lowest BCUT2D eigenvalue weighted by Crippen LogP contribution is -2.08. The molecular formula is C13H11ClF2N2O. The van der Waals surface area contributed by atoms with Crippen molar-refractivity contribution in [3.8, 4) is 11.6 Å². The first-order valence-electron chi connectivity index (χ1n) is 5.52. The number of pyridine rings is 1. The van der Waals surface area contributed by atoms with Crippen molar-refractivity contribution in [2.45, 2.75) is 6.54 Å². The zero-order valence-corrected chi connectivity index (χ0v) is 10.8. The fourth-order valence-corrected chi connectivity index (χ4v) is 1.73. The summed E-state index contributed by atoms with van der Waals surface area (Å²) in [5, 5.41) is 2.89. The normalized spacial score (nSPS) is 10.5. The van der Waals surface area contributed by atoms with Crippen LogP contribution >= 0.6 is 11.6 Å². The van der Waals surface area contributed by atoms with Gasteiger partial charge < -0.3 is 10.1 Å². The van der Waals surface area contributed by atoms with Crippen LogP contribution in [0.2, 0.25) is 5.02 Å². The Morgan fingerprint density at radius 1 is 1.32 bits per heavy atom. The minimum absolute atomic E-state index is 0.0558. The van der Waals surface area contributed by atoms with E-state index in [0.29, 0.717) is 12.1 Å². The van der Waals surface area contributed by atoms with Crippen LogP contribution < -0.4 is 10.1 Å². The molecular weight excluding hydrogens is 274 g/mol. The monoisotopic (exact) mass is 284 g/mol. The Morgan fingerprint density at radius 2 is 2.11 bits per heavy atom. The second-order valence-corrected chi connectivity index (χ2v) is 4.20. The van der Waals surface area contributed by atoms with Crippen molar-refractivity contribution in [1.29, 1.82) is 0 Å². The lowest BCUT2D eigenvalue weighted by atomic mass is 10.2. The smallest absolute Gasteiger partial charge is 0.256 e. The highest BCUT2D eigenvalue weighted by molar-refractivity contribution is 6.32. The van der Waals surface area contributed by atoms with Gasteiger partial charge in [-0.15, -0.1) is 0 Å². The Labute approximate surface area is 114 Å². The molecule has 0 aliphatic heterocycles. The van der Waals surface area contributed by atoms with Gasteiger partial charge in [0, 0.05) is 18.3 Å². The third-order valence-corrected chi connectivity index (χ3v) is 2.70. The van der Waals surface area contributed by atoms with Gasteiger partial charge >= 0.3 is 0 Å². The molecule has 0 radical (unpaired) electrons. The highest BCUT2D eigenvalue weighted by Crippen LogP contribution is 2.30. The maximum Gasteiger partial charge on any atom is 0.256 e. The van der Waals surface area contributed by atoms with E-state index < -0.39 is 11.6 Å². The Balaban J connectivity index is 2.30. The van der Waals surface area contributed by atoms with Crippen LogP contribution in [0.25, 0.3) is 0 Å². The summed E-state index contributed by atoms with van der Waals surface area (Å²) in [7, 11) is 1.71. The summed E-state index contributed by atoms with van der Waals surface area (Å²) in [4.78, 5) is 3.80. The molecule has 1 N–H and O–H groups in total. The van der Waals surface area contributed by atoms with Crippen LogP contribution in [0.3, 0.4) is 0 Å². The topological polar surface area (TPSA) is 34.2 Å². The van der Waals surface area contributed by atoms with Crippen LogP contribution in [0, 0.1) is 11.6 Å². The third kappa shape index (κ3) is 3.19. The van der Waals surface area contributed by atoms with Crippen LogP contribution in [0.5, 0.6) is 11.6 Å². The van der Waals surface area contributed by atoms with E-state index in [9.17, 15) is 8.78 Å². The van der Waals surface area contributed by atoms with Gasteiger partial charge in [0.05, 0.1) is 5.02 Å². The van der Waals surface area contributed by atoms with Gasteiger partial charge in [0.25, 0.3) is 5.88 Å². The first-order valence-corrected chi connectivity index (χ1v) is 5.90. The van der Waals surface area contributed by atoms with Crippen molar-refractivity contribution in [1.82, 2.24) is 10.3 Å². The number of aromatic nitrogens is 1. The van der Waals surface area contributed by atoms with Crippen LogP contribution in [-0.2, 0) is 6.54 Å². The summed E-state index contributed by atoms with van der Waals surface area (Å²) in [6.07, 6.45) is 1.43. The van der Waals surface area contributed by atoms with Crippen molar-refractivity contribution in [3.05, 3.63) is 52.7 Å². The Morgan fingerprint density at radius 3 is 2.79 bits per heavy atom. The largest absolute Gasteiger partial charge is 0.435 e. The predicted octanol–water partition coefficient (Wildman–Crippen LogP) is 3.52. The van der Waals surface area contributed by atoms with Crippen molar-refractivity contribution in [3.63, 3.8) is 0 Å². The fourth-order valence-electron chi connectivity index (χ4n) is 1.52. The van der Waals surface area contributed by atoms with Gasteiger partial charge in [0.1, 0.15) is 11.6 Å². The molecule has 6 heteroatoms. The maximum atomic E-state index is 14.0. The minimum atomic E-state index is -0.572. The van der Waals surface area contributed by atoms with Crippen LogP contribution in [0.4, 0.5) is 8.78 Å². The lowest BCUT2D eigenvalue weighted by Gasteiger charge is -2.09. The summed E-state index contributed by atoms with van der Waals surface area (Å²) >= 11 is 5.81. The molecule has 1 aromatic heterocycles. The molecule has 2 rings (SSSR count). The van der Waals surface area contributed by atoms with Gasteiger partial charge in [0.2, 0.25) is 0 Å². The fraction of sp³-hybridized carbons (Fsp3) is 0.154. The summed E-state index contributed by atoms with van der Waals surface area (Å²) in [6.45, 7) is 0.349. The second-order valence-electron chi connectivity index (χ2n) is 3.80. The van der Waals surface area contributed by atoms with Crippen LogP contribution in [0.15, 0.2) is 30.5 Å². The Hall–Kier alpha value is -1.72. The average Bonchev–Trinajstić information content (AvgIpc) is 2.37. The molecule has 0 aliphatic rings. The third-order valence-electron chi connectivity index (χ3n) is 2.40. The van der Waals surface area contributed by atoms with Gasteiger partial charge in [-0.1, -0.05) is 11.6 Å². The molecule has 0 amide bonds. The van der Waals surface area contributed by atoms with E-state index in [1.807, 2.05) is 0 Å². The van der Waals surface area contributed by atoms with E-state index in [4.69, 9.17) is 16.3 Å². The number of ether oxygens (including phenoxy) is 1. The van der Waals surface area contributed by atoms with E-state index in [1.54, 1.807) is 13.1 Å². The molecule has 0 spiro atoms. The van der Waals surface area contributed by atoms with E-state index in [-0.39, 0.29) is 16.7 Å². The molecule has 0 saturated heterocycles. The summed E-state index contributed by atoms with van der Waals surface area (Å²) in [5.74, 6) is -1.11. The molecule has 0 aliphatic carbocycles. The lowest BCUT2D eigenvalue weighted by molar-refractivity contribution is 0.417. The summed E-state index contributed by atoms with van der Waals surface area (Å²) in [5.41, 5.74) is 0.422.